The van der Waals surface area contributed by atoms with E-state index in [-0.39, 0.29) is 22.0 Å². The van der Waals surface area contributed by atoms with Crippen LogP contribution in [-0.4, -0.2) is 21.3 Å². The number of benzene rings is 2. The predicted molar refractivity (Wildman–Crippen MR) is 81.4 cm³/mol. The van der Waals surface area contributed by atoms with Crippen LogP contribution in [-0.2, 0) is 5.60 Å². The summed E-state index contributed by atoms with van der Waals surface area (Å²) in [6.45, 7) is 0. The molecule has 4 rings (SSSR count). The van der Waals surface area contributed by atoms with Gasteiger partial charge in [0.25, 0.3) is 5.60 Å². The zero-order valence-corrected chi connectivity index (χ0v) is 12.1. The van der Waals surface area contributed by atoms with Crippen LogP contribution in [0.25, 0.3) is 22.0 Å². The normalized spacial score (nSPS) is 15.0. The number of H-pyrrole nitrogens is 1. The Morgan fingerprint density at radius 3 is 2.46 bits per heavy atom. The number of hydrogen-bond acceptors (Lipinski definition) is 3. The number of nitrogens with one attached hydrogen (secondary N) is 1. The van der Waals surface area contributed by atoms with Gasteiger partial charge < -0.3 is 14.5 Å². The standard InChI is InChI=1S/C17H11F3N2O2/c18-17(19,20)16(23,11-9-21-12-6-2-1-5-10(11)12)15-22-13-7-3-4-8-14(13)24-15/h1-9,21,23H. The average molecular weight is 332 g/mol. The number of aromatic amines is 1. The molecule has 122 valence electrons. The molecule has 4 nitrogen and oxygen atoms in total. The Bertz CT molecular complexity index is 1000. The van der Waals surface area contributed by atoms with E-state index in [9.17, 15) is 18.3 Å². The first-order chi connectivity index (χ1) is 11.4. The lowest BCUT2D eigenvalue weighted by molar-refractivity contribution is -0.254. The molecule has 2 N–H and O–H groups in total. The Hall–Kier alpha value is -2.80. The Morgan fingerprint density at radius 1 is 1.00 bits per heavy atom. The van der Waals surface area contributed by atoms with Gasteiger partial charge in [-0.05, 0) is 18.2 Å². The van der Waals surface area contributed by atoms with Crippen molar-refractivity contribution >= 4 is 22.0 Å². The van der Waals surface area contributed by atoms with E-state index >= 15 is 0 Å². The molecule has 0 saturated carbocycles. The fourth-order valence-electron chi connectivity index (χ4n) is 2.79. The smallest absolute Gasteiger partial charge is 0.430 e. The SMILES string of the molecule is OC(c1nc2ccccc2o1)(c1c[nH]c2ccccc12)C(F)(F)F. The molecular formula is C17H11F3N2O2. The minimum atomic E-state index is -5.02. The van der Waals surface area contributed by atoms with Crippen molar-refractivity contribution in [2.24, 2.45) is 0 Å². The number of hydrogen-bond donors (Lipinski definition) is 2. The highest BCUT2D eigenvalue weighted by Gasteiger charge is 2.61. The van der Waals surface area contributed by atoms with E-state index in [0.29, 0.717) is 5.52 Å². The maximum Gasteiger partial charge on any atom is 0.430 e. The van der Waals surface area contributed by atoms with Crippen LogP contribution in [0.5, 0.6) is 0 Å². The molecule has 0 bridgehead atoms. The molecule has 0 aliphatic carbocycles. The molecule has 1 atom stereocenters. The fraction of sp³-hybridized carbons (Fsp3) is 0.118. The van der Waals surface area contributed by atoms with Crippen molar-refractivity contribution in [3.8, 4) is 0 Å². The van der Waals surface area contributed by atoms with Gasteiger partial charge >= 0.3 is 6.18 Å². The molecule has 0 amide bonds. The summed E-state index contributed by atoms with van der Waals surface area (Å²) < 4.78 is 46.8. The van der Waals surface area contributed by atoms with E-state index in [1.165, 1.54) is 18.2 Å². The van der Waals surface area contributed by atoms with Gasteiger partial charge in [-0.2, -0.15) is 13.2 Å². The summed E-state index contributed by atoms with van der Waals surface area (Å²) >= 11 is 0. The Balaban J connectivity index is 2.03. The molecule has 0 aliphatic rings. The number of para-hydroxylation sites is 3. The zero-order valence-electron chi connectivity index (χ0n) is 12.1. The van der Waals surface area contributed by atoms with Crippen LogP contribution in [0.3, 0.4) is 0 Å². The van der Waals surface area contributed by atoms with Crippen molar-refractivity contribution in [2.45, 2.75) is 11.8 Å². The third-order valence-corrected chi connectivity index (χ3v) is 3.99. The molecule has 2 aromatic carbocycles. The number of fused-ring (bicyclic) bond motifs is 2. The van der Waals surface area contributed by atoms with Crippen LogP contribution >= 0.6 is 0 Å². The molecule has 0 spiro atoms. The number of oxazole rings is 1. The van der Waals surface area contributed by atoms with Gasteiger partial charge in [-0.15, -0.1) is 0 Å². The van der Waals surface area contributed by atoms with Crippen LogP contribution < -0.4 is 0 Å². The Labute approximate surface area is 133 Å². The average Bonchev–Trinajstić information content (AvgIpc) is 3.17. The molecule has 0 radical (unpaired) electrons. The van der Waals surface area contributed by atoms with Gasteiger partial charge in [-0.3, -0.25) is 0 Å². The van der Waals surface area contributed by atoms with E-state index in [1.54, 1.807) is 30.3 Å². The van der Waals surface area contributed by atoms with E-state index in [2.05, 4.69) is 9.97 Å². The van der Waals surface area contributed by atoms with Gasteiger partial charge in [0.15, 0.2) is 5.58 Å². The highest BCUT2D eigenvalue weighted by atomic mass is 19.4. The predicted octanol–water partition coefficient (Wildman–Crippen LogP) is 4.11. The third-order valence-electron chi connectivity index (χ3n) is 3.99. The van der Waals surface area contributed by atoms with Crippen molar-refractivity contribution in [3.05, 3.63) is 66.2 Å². The summed E-state index contributed by atoms with van der Waals surface area (Å²) in [5, 5.41) is 10.9. The van der Waals surface area contributed by atoms with E-state index in [0.717, 1.165) is 6.20 Å². The molecule has 24 heavy (non-hydrogen) atoms. The van der Waals surface area contributed by atoms with E-state index in [4.69, 9.17) is 4.42 Å². The van der Waals surface area contributed by atoms with Crippen LogP contribution in [0.4, 0.5) is 13.2 Å². The van der Waals surface area contributed by atoms with Gasteiger partial charge in [0.1, 0.15) is 5.52 Å². The minimum absolute atomic E-state index is 0.176. The van der Waals surface area contributed by atoms with Crippen molar-refractivity contribution < 1.29 is 22.7 Å². The maximum atomic E-state index is 13.8. The third kappa shape index (κ3) is 1.94. The highest BCUT2D eigenvalue weighted by Crippen LogP contribution is 2.46. The summed E-state index contributed by atoms with van der Waals surface area (Å²) in [6, 6.07) is 12.7. The first-order valence-electron chi connectivity index (χ1n) is 7.13. The number of nitrogens with zero attached hydrogens (tertiary/aromatic N) is 1. The Kier molecular flexibility index (Phi) is 2.98. The topological polar surface area (TPSA) is 62.1 Å². The van der Waals surface area contributed by atoms with Gasteiger partial charge in [0.2, 0.25) is 5.89 Å². The molecule has 0 fully saturated rings. The number of halogens is 3. The first-order valence-corrected chi connectivity index (χ1v) is 7.13. The van der Waals surface area contributed by atoms with Gasteiger partial charge in [0, 0.05) is 22.7 Å². The maximum absolute atomic E-state index is 13.8. The van der Waals surface area contributed by atoms with E-state index in [1.807, 2.05) is 0 Å². The summed E-state index contributed by atoms with van der Waals surface area (Å²) in [6.07, 6.45) is -3.88. The summed E-state index contributed by atoms with van der Waals surface area (Å²) in [7, 11) is 0. The summed E-state index contributed by atoms with van der Waals surface area (Å²) in [5.41, 5.74) is -2.81. The van der Waals surface area contributed by atoms with E-state index < -0.39 is 17.7 Å². The molecule has 0 aliphatic heterocycles. The van der Waals surface area contributed by atoms with Crippen molar-refractivity contribution in [1.82, 2.24) is 9.97 Å². The van der Waals surface area contributed by atoms with Crippen LogP contribution in [0.2, 0.25) is 0 Å². The molecular weight excluding hydrogens is 321 g/mol. The second-order valence-corrected chi connectivity index (χ2v) is 5.44. The summed E-state index contributed by atoms with van der Waals surface area (Å²) in [4.78, 5) is 6.60. The van der Waals surface area contributed by atoms with Crippen LogP contribution in [0.1, 0.15) is 11.5 Å². The Morgan fingerprint density at radius 2 is 1.71 bits per heavy atom. The molecule has 4 aromatic rings. The quantitative estimate of drug-likeness (QED) is 0.581. The molecule has 2 heterocycles. The monoisotopic (exact) mass is 332 g/mol. The largest absolute Gasteiger partial charge is 0.437 e. The second-order valence-electron chi connectivity index (χ2n) is 5.44. The summed E-state index contributed by atoms with van der Waals surface area (Å²) in [5.74, 6) is -0.805. The van der Waals surface area contributed by atoms with Crippen molar-refractivity contribution in [3.63, 3.8) is 0 Å². The zero-order chi connectivity index (χ0) is 16.9. The molecule has 2 aromatic heterocycles. The van der Waals surface area contributed by atoms with Crippen LogP contribution in [0, 0.1) is 0 Å². The lowest BCUT2D eigenvalue weighted by Gasteiger charge is -2.27. The fourth-order valence-corrected chi connectivity index (χ4v) is 2.79. The van der Waals surface area contributed by atoms with Crippen molar-refractivity contribution in [2.75, 3.05) is 0 Å². The number of alkyl halides is 3. The number of aromatic nitrogens is 2. The first kappa shape index (κ1) is 14.8. The minimum Gasteiger partial charge on any atom is -0.437 e. The van der Waals surface area contributed by atoms with Crippen molar-refractivity contribution in [1.29, 1.82) is 0 Å². The molecule has 1 unspecified atom stereocenters. The highest BCUT2D eigenvalue weighted by molar-refractivity contribution is 5.84. The van der Waals surface area contributed by atoms with Gasteiger partial charge in [-0.25, -0.2) is 4.98 Å². The van der Waals surface area contributed by atoms with Gasteiger partial charge in [0.05, 0.1) is 0 Å². The van der Waals surface area contributed by atoms with Gasteiger partial charge in [-0.1, -0.05) is 30.3 Å². The molecule has 7 heteroatoms. The second kappa shape index (κ2) is 4.85. The van der Waals surface area contributed by atoms with Crippen LogP contribution in [0.15, 0.2) is 59.1 Å². The molecule has 0 saturated heterocycles. The number of rotatable bonds is 2. The lowest BCUT2D eigenvalue weighted by Crippen LogP contribution is -2.43. The lowest BCUT2D eigenvalue weighted by atomic mass is 9.92. The number of aliphatic hydroxyl groups is 1.